The van der Waals surface area contributed by atoms with Gasteiger partial charge in [-0.05, 0) is 18.6 Å². The Labute approximate surface area is 97.5 Å². The molecule has 0 fully saturated rings. The lowest BCUT2D eigenvalue weighted by atomic mass is 10.2. The van der Waals surface area contributed by atoms with Gasteiger partial charge in [-0.25, -0.2) is 13.8 Å². The van der Waals surface area contributed by atoms with Gasteiger partial charge in [-0.1, -0.05) is 6.07 Å². The summed E-state index contributed by atoms with van der Waals surface area (Å²) in [5, 5.41) is 2.78. The zero-order valence-electron chi connectivity index (χ0n) is 9.24. The van der Waals surface area contributed by atoms with Gasteiger partial charge in [-0.15, -0.1) is 0 Å². The fraction of sp³-hybridized carbons (Fsp3) is 0.167. The fourth-order valence-electron chi connectivity index (χ4n) is 1.33. The van der Waals surface area contributed by atoms with Crippen molar-refractivity contribution >= 4 is 5.82 Å². The molecule has 0 spiro atoms. The summed E-state index contributed by atoms with van der Waals surface area (Å²) in [6.45, 7) is 2.28. The van der Waals surface area contributed by atoms with Crippen molar-refractivity contribution in [2.45, 2.75) is 13.5 Å². The lowest BCUT2D eigenvalue weighted by Gasteiger charge is -2.06. The van der Waals surface area contributed by atoms with Crippen LogP contribution in [-0.4, -0.2) is 9.97 Å². The summed E-state index contributed by atoms with van der Waals surface area (Å²) in [6.07, 6.45) is 2.67. The quantitative estimate of drug-likeness (QED) is 0.888. The number of halogens is 2. The van der Waals surface area contributed by atoms with Crippen molar-refractivity contribution in [2.75, 3.05) is 5.32 Å². The van der Waals surface area contributed by atoms with Crippen LogP contribution >= 0.6 is 0 Å². The third-order valence-electron chi connectivity index (χ3n) is 2.24. The van der Waals surface area contributed by atoms with E-state index in [4.69, 9.17) is 0 Å². The highest BCUT2D eigenvalue weighted by atomic mass is 19.1. The molecule has 0 aliphatic carbocycles. The minimum atomic E-state index is -0.704. The van der Waals surface area contributed by atoms with Crippen LogP contribution in [0.4, 0.5) is 14.6 Å². The third kappa shape index (κ3) is 2.96. The highest BCUT2D eigenvalue weighted by Crippen LogP contribution is 2.12. The summed E-state index contributed by atoms with van der Waals surface area (Å²) in [6, 6.07) is 4.55. The zero-order chi connectivity index (χ0) is 12.3. The maximum absolute atomic E-state index is 13.2. The first kappa shape index (κ1) is 11.4. The van der Waals surface area contributed by atoms with Crippen LogP contribution < -0.4 is 5.32 Å². The number of rotatable bonds is 3. The van der Waals surface area contributed by atoms with Crippen molar-refractivity contribution in [2.24, 2.45) is 0 Å². The molecule has 88 valence electrons. The summed E-state index contributed by atoms with van der Waals surface area (Å²) >= 11 is 0. The largest absolute Gasteiger partial charge is 0.364 e. The molecule has 0 atom stereocenters. The second-order valence-electron chi connectivity index (χ2n) is 3.65. The standard InChI is InChI=1S/C12H11F2N3/c1-8-2-3-9(5-15-8)6-16-12-11(14)4-10(13)7-17-12/h2-5,7H,6H2,1H3,(H,16,17). The van der Waals surface area contributed by atoms with Crippen molar-refractivity contribution in [1.82, 2.24) is 9.97 Å². The highest BCUT2D eigenvalue weighted by Gasteiger charge is 2.04. The number of hydrogen-bond acceptors (Lipinski definition) is 3. The molecule has 0 unspecified atom stereocenters. The molecule has 3 nitrogen and oxygen atoms in total. The minimum absolute atomic E-state index is 0.0342. The summed E-state index contributed by atoms with van der Waals surface area (Å²) in [5.41, 5.74) is 1.82. The lowest BCUT2D eigenvalue weighted by molar-refractivity contribution is 0.575. The second-order valence-corrected chi connectivity index (χ2v) is 3.65. The number of hydrogen-bond donors (Lipinski definition) is 1. The molecule has 0 saturated heterocycles. The van der Waals surface area contributed by atoms with Crippen LogP contribution in [0.5, 0.6) is 0 Å². The summed E-state index contributed by atoms with van der Waals surface area (Å²) in [5.74, 6) is -1.36. The lowest BCUT2D eigenvalue weighted by Crippen LogP contribution is -2.04. The van der Waals surface area contributed by atoms with Crippen LogP contribution in [0, 0.1) is 18.6 Å². The van der Waals surface area contributed by atoms with Crippen LogP contribution in [0.2, 0.25) is 0 Å². The van der Waals surface area contributed by atoms with Gasteiger partial charge in [0.15, 0.2) is 11.6 Å². The van der Waals surface area contributed by atoms with E-state index in [1.165, 1.54) is 0 Å². The van der Waals surface area contributed by atoms with E-state index in [0.717, 1.165) is 23.5 Å². The van der Waals surface area contributed by atoms with Gasteiger partial charge < -0.3 is 5.32 Å². The third-order valence-corrected chi connectivity index (χ3v) is 2.24. The maximum Gasteiger partial charge on any atom is 0.168 e. The van der Waals surface area contributed by atoms with E-state index in [1.54, 1.807) is 6.20 Å². The number of nitrogens with one attached hydrogen (secondary N) is 1. The van der Waals surface area contributed by atoms with E-state index < -0.39 is 11.6 Å². The Morgan fingerprint density at radius 3 is 2.65 bits per heavy atom. The summed E-state index contributed by atoms with van der Waals surface area (Å²) in [7, 11) is 0. The molecule has 1 N–H and O–H groups in total. The Hall–Kier alpha value is -2.04. The van der Waals surface area contributed by atoms with Gasteiger partial charge in [0.2, 0.25) is 0 Å². The summed E-state index contributed by atoms with van der Waals surface area (Å²) in [4.78, 5) is 7.74. The van der Waals surface area contributed by atoms with Gasteiger partial charge in [0.1, 0.15) is 5.82 Å². The first-order chi connectivity index (χ1) is 8.15. The van der Waals surface area contributed by atoms with Gasteiger partial charge in [-0.3, -0.25) is 4.98 Å². The molecule has 17 heavy (non-hydrogen) atoms. The van der Waals surface area contributed by atoms with Crippen molar-refractivity contribution in [3.05, 3.63) is 53.5 Å². The molecular weight excluding hydrogens is 224 g/mol. The second kappa shape index (κ2) is 4.86. The maximum atomic E-state index is 13.2. The molecular formula is C12H11F2N3. The van der Waals surface area contributed by atoms with Crippen molar-refractivity contribution < 1.29 is 8.78 Å². The smallest absolute Gasteiger partial charge is 0.168 e. The Balaban J connectivity index is 2.04. The normalized spacial score (nSPS) is 10.3. The van der Waals surface area contributed by atoms with E-state index >= 15 is 0 Å². The molecule has 0 amide bonds. The van der Waals surface area contributed by atoms with E-state index in [-0.39, 0.29) is 5.82 Å². The predicted octanol–water partition coefficient (Wildman–Crippen LogP) is 2.68. The molecule has 2 heterocycles. The molecule has 2 rings (SSSR count). The highest BCUT2D eigenvalue weighted by molar-refractivity contribution is 5.36. The molecule has 0 aliphatic heterocycles. The first-order valence-corrected chi connectivity index (χ1v) is 5.11. The number of pyridine rings is 2. The van der Waals surface area contributed by atoms with Gasteiger partial charge in [0.25, 0.3) is 0 Å². The first-order valence-electron chi connectivity index (χ1n) is 5.11. The van der Waals surface area contributed by atoms with Gasteiger partial charge in [0.05, 0.1) is 6.20 Å². The molecule has 0 saturated carbocycles. The van der Waals surface area contributed by atoms with Crippen molar-refractivity contribution in [3.63, 3.8) is 0 Å². The predicted molar refractivity (Wildman–Crippen MR) is 60.5 cm³/mol. The Bertz CT molecular complexity index is 512. The zero-order valence-corrected chi connectivity index (χ0v) is 9.24. The van der Waals surface area contributed by atoms with E-state index in [9.17, 15) is 8.78 Å². The van der Waals surface area contributed by atoms with Crippen LogP contribution in [0.3, 0.4) is 0 Å². The molecule has 0 radical (unpaired) electrons. The number of anilines is 1. The minimum Gasteiger partial charge on any atom is -0.364 e. The molecule has 0 aliphatic rings. The van der Waals surface area contributed by atoms with Gasteiger partial charge >= 0.3 is 0 Å². The number of aryl methyl sites for hydroxylation is 1. The van der Waals surface area contributed by atoms with E-state index in [0.29, 0.717) is 6.54 Å². The van der Waals surface area contributed by atoms with Gasteiger partial charge in [-0.2, -0.15) is 0 Å². The summed E-state index contributed by atoms with van der Waals surface area (Å²) < 4.78 is 25.9. The van der Waals surface area contributed by atoms with Crippen molar-refractivity contribution in [3.8, 4) is 0 Å². The monoisotopic (exact) mass is 235 g/mol. The Morgan fingerprint density at radius 1 is 1.18 bits per heavy atom. The van der Waals surface area contributed by atoms with Crippen LogP contribution in [0.1, 0.15) is 11.3 Å². The van der Waals surface area contributed by atoms with E-state index in [1.807, 2.05) is 19.1 Å². The Kier molecular flexibility index (Phi) is 3.27. The number of aromatic nitrogens is 2. The van der Waals surface area contributed by atoms with Crippen molar-refractivity contribution in [1.29, 1.82) is 0 Å². The van der Waals surface area contributed by atoms with Crippen LogP contribution in [0.15, 0.2) is 30.6 Å². The Morgan fingerprint density at radius 2 is 2.00 bits per heavy atom. The molecule has 2 aromatic rings. The van der Waals surface area contributed by atoms with Crippen LogP contribution in [0.25, 0.3) is 0 Å². The average molecular weight is 235 g/mol. The molecule has 5 heteroatoms. The van der Waals surface area contributed by atoms with E-state index in [2.05, 4.69) is 15.3 Å². The number of nitrogens with zero attached hydrogens (tertiary/aromatic N) is 2. The molecule has 0 aromatic carbocycles. The fourth-order valence-corrected chi connectivity index (χ4v) is 1.33. The molecule has 0 bridgehead atoms. The van der Waals surface area contributed by atoms with Crippen LogP contribution in [-0.2, 0) is 6.54 Å². The van der Waals surface area contributed by atoms with Gasteiger partial charge in [0, 0.05) is 24.5 Å². The average Bonchev–Trinajstić information content (AvgIpc) is 2.30. The topological polar surface area (TPSA) is 37.8 Å². The molecule has 2 aromatic heterocycles. The SMILES string of the molecule is Cc1ccc(CNc2ncc(F)cc2F)cn1.